The molecular weight excluding hydrogens is 490 g/mol. The first-order valence-corrected chi connectivity index (χ1v) is 12.1. The quantitative estimate of drug-likeness (QED) is 0.327. The summed E-state index contributed by atoms with van der Waals surface area (Å²) in [6, 6.07) is 17.8. The number of carbonyl (C=O) groups is 1. The number of methoxy groups -OCH3 is 2. The fraction of sp³-hybridized carbons (Fsp3) is 0.250. The highest BCUT2D eigenvalue weighted by Crippen LogP contribution is 2.35. The number of carbonyl (C=O) groups excluding carboxylic acids is 1. The van der Waals surface area contributed by atoms with E-state index in [0.29, 0.717) is 41.0 Å². The largest absolute Gasteiger partial charge is 0.493 e. The predicted octanol–water partition coefficient (Wildman–Crippen LogP) is 5.61. The number of benzene rings is 3. The van der Waals surface area contributed by atoms with Crippen molar-refractivity contribution in [3.63, 3.8) is 0 Å². The fourth-order valence-corrected chi connectivity index (χ4v) is 4.28. The molecule has 1 atom stereocenters. The average Bonchev–Trinajstić information content (AvgIpc) is 2.91. The van der Waals surface area contributed by atoms with Crippen LogP contribution in [-0.2, 0) is 13.0 Å². The lowest BCUT2D eigenvalue weighted by Crippen LogP contribution is -2.47. The summed E-state index contributed by atoms with van der Waals surface area (Å²) in [6.07, 6.45) is 2.37. The molecule has 0 radical (unpaired) electrons. The van der Waals surface area contributed by atoms with Crippen LogP contribution in [0.5, 0.6) is 11.5 Å². The van der Waals surface area contributed by atoms with Crippen LogP contribution in [0.4, 0.5) is 16.2 Å². The van der Waals surface area contributed by atoms with E-state index in [1.807, 2.05) is 50.5 Å². The third kappa shape index (κ3) is 6.03. The molecule has 1 heterocycles. The molecular formula is C28H30ClN5O3. The van der Waals surface area contributed by atoms with E-state index in [1.54, 1.807) is 54.5 Å². The number of urea groups is 1. The molecule has 0 saturated heterocycles. The van der Waals surface area contributed by atoms with E-state index in [4.69, 9.17) is 26.5 Å². The van der Waals surface area contributed by atoms with Gasteiger partial charge in [-0.1, -0.05) is 11.6 Å². The summed E-state index contributed by atoms with van der Waals surface area (Å²) in [4.78, 5) is 21.6. The van der Waals surface area contributed by atoms with E-state index < -0.39 is 0 Å². The molecule has 0 spiro atoms. The Labute approximate surface area is 222 Å². The van der Waals surface area contributed by atoms with Crippen LogP contribution in [0.25, 0.3) is 0 Å². The van der Waals surface area contributed by atoms with Crippen molar-refractivity contribution in [3.8, 4) is 11.5 Å². The van der Waals surface area contributed by atoms with Crippen molar-refractivity contribution in [1.82, 2.24) is 9.80 Å². The maximum Gasteiger partial charge on any atom is 0.322 e. The summed E-state index contributed by atoms with van der Waals surface area (Å²) in [5, 5.41) is 11.7. The minimum absolute atomic E-state index is 0.242. The summed E-state index contributed by atoms with van der Waals surface area (Å²) in [6.45, 7) is 0.380. The molecule has 0 bridgehead atoms. The van der Waals surface area contributed by atoms with Gasteiger partial charge in [-0.05, 0) is 78.2 Å². The van der Waals surface area contributed by atoms with Crippen molar-refractivity contribution in [1.29, 1.82) is 5.41 Å². The standard InChI is InChI=1S/C28H30ClN5O3/c1-33(2)27(30)18-5-9-22(10-6-18)31-16-24-13-19-14-25(36-3)26(37-4)15-20(19)17-34(24)28(35)32-23-11-7-21(29)8-12-23/h5-12,14-16,24,30H,13,17H2,1-4H3,(H,32,35)/t24-/m0/s1. The Morgan fingerprint density at radius 2 is 1.68 bits per heavy atom. The van der Waals surface area contributed by atoms with Gasteiger partial charge in [0, 0.05) is 43.1 Å². The zero-order valence-electron chi connectivity index (χ0n) is 21.3. The zero-order valence-corrected chi connectivity index (χ0v) is 22.0. The lowest BCUT2D eigenvalue weighted by molar-refractivity contribution is 0.196. The Balaban J connectivity index is 1.62. The number of halogens is 1. The van der Waals surface area contributed by atoms with Crippen molar-refractivity contribution >= 4 is 41.1 Å². The maximum atomic E-state index is 13.4. The van der Waals surface area contributed by atoms with Gasteiger partial charge in [-0.25, -0.2) is 4.79 Å². The number of anilines is 1. The molecule has 1 aliphatic heterocycles. The Morgan fingerprint density at radius 1 is 1.05 bits per heavy atom. The van der Waals surface area contributed by atoms with Gasteiger partial charge >= 0.3 is 6.03 Å². The lowest BCUT2D eigenvalue weighted by Gasteiger charge is -2.35. The number of aliphatic imine (C=N–C) groups is 1. The number of hydrogen-bond acceptors (Lipinski definition) is 5. The van der Waals surface area contributed by atoms with Crippen molar-refractivity contribution in [2.24, 2.45) is 4.99 Å². The van der Waals surface area contributed by atoms with Crippen molar-refractivity contribution in [2.45, 2.75) is 19.0 Å². The molecule has 192 valence electrons. The van der Waals surface area contributed by atoms with Crippen LogP contribution in [0.15, 0.2) is 65.7 Å². The Morgan fingerprint density at radius 3 is 2.27 bits per heavy atom. The van der Waals surface area contributed by atoms with E-state index in [0.717, 1.165) is 22.4 Å². The lowest BCUT2D eigenvalue weighted by atomic mass is 9.94. The van der Waals surface area contributed by atoms with E-state index in [2.05, 4.69) is 10.3 Å². The minimum atomic E-state index is -0.294. The first-order chi connectivity index (χ1) is 17.8. The number of hydrogen-bond donors (Lipinski definition) is 2. The topological polar surface area (TPSA) is 90.2 Å². The van der Waals surface area contributed by atoms with E-state index in [-0.39, 0.29) is 12.1 Å². The van der Waals surface area contributed by atoms with Gasteiger partial charge in [-0.3, -0.25) is 10.4 Å². The van der Waals surface area contributed by atoms with Gasteiger partial charge in [0.05, 0.1) is 25.9 Å². The monoisotopic (exact) mass is 519 g/mol. The predicted molar refractivity (Wildman–Crippen MR) is 148 cm³/mol. The highest BCUT2D eigenvalue weighted by Gasteiger charge is 2.30. The van der Waals surface area contributed by atoms with Crippen LogP contribution in [0, 0.1) is 5.41 Å². The van der Waals surface area contributed by atoms with E-state index in [9.17, 15) is 4.79 Å². The molecule has 9 heteroatoms. The van der Waals surface area contributed by atoms with Gasteiger partial charge in [0.15, 0.2) is 11.5 Å². The average molecular weight is 520 g/mol. The van der Waals surface area contributed by atoms with Crippen LogP contribution in [0.2, 0.25) is 5.02 Å². The number of fused-ring (bicyclic) bond motifs is 1. The van der Waals surface area contributed by atoms with Gasteiger partial charge in [0.1, 0.15) is 5.84 Å². The highest BCUT2D eigenvalue weighted by atomic mass is 35.5. The number of rotatable bonds is 6. The Kier molecular flexibility index (Phi) is 7.98. The van der Waals surface area contributed by atoms with Gasteiger partial charge in [-0.15, -0.1) is 0 Å². The molecule has 0 aromatic heterocycles. The first-order valence-electron chi connectivity index (χ1n) is 11.8. The smallest absolute Gasteiger partial charge is 0.322 e. The van der Waals surface area contributed by atoms with Gasteiger partial charge in [0.25, 0.3) is 0 Å². The van der Waals surface area contributed by atoms with Crippen molar-refractivity contribution in [2.75, 3.05) is 33.6 Å². The van der Waals surface area contributed by atoms with E-state index in [1.165, 1.54) is 0 Å². The molecule has 1 aliphatic rings. The minimum Gasteiger partial charge on any atom is -0.493 e. The summed E-state index contributed by atoms with van der Waals surface area (Å²) in [7, 11) is 6.88. The molecule has 4 rings (SSSR count). The summed E-state index contributed by atoms with van der Waals surface area (Å²) < 4.78 is 11.0. The number of nitrogens with zero attached hydrogens (tertiary/aromatic N) is 3. The molecule has 0 unspecified atom stereocenters. The zero-order chi connectivity index (χ0) is 26.5. The number of nitrogens with one attached hydrogen (secondary N) is 2. The second kappa shape index (κ2) is 11.3. The maximum absolute atomic E-state index is 13.4. The molecule has 0 fully saturated rings. The molecule has 0 aliphatic carbocycles. The molecule has 3 aromatic rings. The summed E-state index contributed by atoms with van der Waals surface area (Å²) in [5.74, 6) is 1.69. The number of ether oxygens (including phenoxy) is 2. The van der Waals surface area contributed by atoms with Crippen LogP contribution in [0.3, 0.4) is 0 Å². The number of amidine groups is 1. The molecule has 0 saturated carbocycles. The highest BCUT2D eigenvalue weighted by molar-refractivity contribution is 6.30. The molecule has 2 N–H and O–H groups in total. The van der Waals surface area contributed by atoms with Gasteiger partial charge in [-0.2, -0.15) is 0 Å². The first kappa shape index (κ1) is 26.0. The third-order valence-corrected chi connectivity index (χ3v) is 6.47. The fourth-order valence-electron chi connectivity index (χ4n) is 4.16. The van der Waals surface area contributed by atoms with Crippen LogP contribution < -0.4 is 14.8 Å². The van der Waals surface area contributed by atoms with E-state index >= 15 is 0 Å². The van der Waals surface area contributed by atoms with Crippen molar-refractivity contribution < 1.29 is 14.3 Å². The van der Waals surface area contributed by atoms with Crippen LogP contribution >= 0.6 is 11.6 Å². The number of amides is 2. The van der Waals surface area contributed by atoms with Crippen molar-refractivity contribution in [3.05, 3.63) is 82.4 Å². The third-order valence-electron chi connectivity index (χ3n) is 6.22. The second-order valence-corrected chi connectivity index (χ2v) is 9.32. The summed E-state index contributed by atoms with van der Waals surface area (Å²) in [5.41, 5.74) is 4.26. The Hall–Kier alpha value is -4.04. The molecule has 3 aromatic carbocycles. The second-order valence-electron chi connectivity index (χ2n) is 8.88. The normalized spacial score (nSPS) is 14.7. The molecule has 2 amide bonds. The molecule has 8 nitrogen and oxygen atoms in total. The molecule has 37 heavy (non-hydrogen) atoms. The van der Waals surface area contributed by atoms with Gasteiger partial charge in [0.2, 0.25) is 0 Å². The SMILES string of the molecule is COc1cc2c(cc1OC)CN(C(=O)Nc1ccc(Cl)cc1)[C@H](C=Nc1ccc(C(=N)N(C)C)cc1)C2. The Bertz CT molecular complexity index is 1310. The van der Waals surface area contributed by atoms with Gasteiger partial charge < -0.3 is 24.6 Å². The van der Waals surface area contributed by atoms with Crippen LogP contribution in [-0.4, -0.2) is 62.2 Å². The summed E-state index contributed by atoms with van der Waals surface area (Å²) >= 11 is 5.99. The van der Waals surface area contributed by atoms with Crippen LogP contribution in [0.1, 0.15) is 16.7 Å².